The molecule has 2 aromatic rings. The quantitative estimate of drug-likeness (QED) is 0.845. The Kier molecular flexibility index (Phi) is 4.30. The summed E-state index contributed by atoms with van der Waals surface area (Å²) in [5, 5.41) is 3.28. The number of nitrogens with zero attached hydrogens (tertiary/aromatic N) is 3. The average molecular weight is 246 g/mol. The summed E-state index contributed by atoms with van der Waals surface area (Å²) in [6.07, 6.45) is 3.71. The lowest BCUT2D eigenvalue weighted by atomic mass is 10.3. The minimum atomic E-state index is 0.672. The second-order valence-corrected chi connectivity index (χ2v) is 4.06. The molecule has 0 aliphatic heterocycles. The van der Waals surface area contributed by atoms with Gasteiger partial charge in [-0.15, -0.1) is 0 Å². The molecule has 18 heavy (non-hydrogen) atoms. The number of pyridine rings is 1. The predicted molar refractivity (Wildman–Crippen MR) is 70.4 cm³/mol. The van der Waals surface area contributed by atoms with Gasteiger partial charge < -0.3 is 14.6 Å². The number of imidazole rings is 1. The van der Waals surface area contributed by atoms with Crippen molar-refractivity contribution in [1.29, 1.82) is 0 Å². The maximum Gasteiger partial charge on any atom is 0.203 e. The first-order valence-corrected chi connectivity index (χ1v) is 5.96. The van der Waals surface area contributed by atoms with Crippen molar-refractivity contribution in [2.75, 3.05) is 19.0 Å². The van der Waals surface area contributed by atoms with E-state index in [0.29, 0.717) is 13.2 Å². The number of aryl methyl sites for hydroxylation is 1. The third-order valence-corrected chi connectivity index (χ3v) is 2.63. The predicted octanol–water partition coefficient (Wildman–Crippen LogP) is 1.85. The fraction of sp³-hybridized carbons (Fsp3) is 0.385. The minimum Gasteiger partial charge on any atom is -0.383 e. The third kappa shape index (κ3) is 3.30. The summed E-state index contributed by atoms with van der Waals surface area (Å²) in [5.41, 5.74) is 2.04. The van der Waals surface area contributed by atoms with Crippen molar-refractivity contribution in [3.05, 3.63) is 42.0 Å². The molecule has 0 amide bonds. The number of aromatic nitrogens is 3. The largest absolute Gasteiger partial charge is 0.383 e. The second kappa shape index (κ2) is 6.16. The Hall–Kier alpha value is -1.88. The van der Waals surface area contributed by atoms with Crippen LogP contribution in [0.25, 0.3) is 0 Å². The van der Waals surface area contributed by atoms with Crippen LogP contribution >= 0.6 is 0 Å². The van der Waals surface area contributed by atoms with Gasteiger partial charge in [-0.3, -0.25) is 4.98 Å². The number of ether oxygens (including phenoxy) is 1. The van der Waals surface area contributed by atoms with E-state index in [4.69, 9.17) is 4.74 Å². The molecule has 0 fully saturated rings. The lowest BCUT2D eigenvalue weighted by molar-refractivity contribution is 0.187. The highest BCUT2D eigenvalue weighted by Crippen LogP contribution is 2.06. The third-order valence-electron chi connectivity index (χ3n) is 2.63. The number of methoxy groups -OCH3 is 1. The van der Waals surface area contributed by atoms with Crippen molar-refractivity contribution >= 4 is 5.95 Å². The first-order valence-electron chi connectivity index (χ1n) is 5.96. The topological polar surface area (TPSA) is 52.0 Å². The van der Waals surface area contributed by atoms with Crippen LogP contribution in [0.2, 0.25) is 0 Å². The Morgan fingerprint density at radius 3 is 3.06 bits per heavy atom. The number of nitrogens with one attached hydrogen (secondary N) is 1. The molecule has 0 aromatic carbocycles. The van der Waals surface area contributed by atoms with Crippen LogP contribution in [0.1, 0.15) is 11.4 Å². The van der Waals surface area contributed by atoms with Crippen LogP contribution in [-0.4, -0.2) is 28.3 Å². The van der Waals surface area contributed by atoms with Crippen LogP contribution in [0.5, 0.6) is 0 Å². The van der Waals surface area contributed by atoms with Gasteiger partial charge in [-0.2, -0.15) is 0 Å². The number of hydrogen-bond donors (Lipinski definition) is 1. The molecule has 0 aliphatic rings. The van der Waals surface area contributed by atoms with Crippen LogP contribution in [0.15, 0.2) is 30.6 Å². The Labute approximate surface area is 107 Å². The maximum absolute atomic E-state index is 5.06. The van der Waals surface area contributed by atoms with E-state index in [-0.39, 0.29) is 0 Å². The van der Waals surface area contributed by atoms with Gasteiger partial charge in [0.2, 0.25) is 5.95 Å². The summed E-state index contributed by atoms with van der Waals surface area (Å²) >= 11 is 0. The van der Waals surface area contributed by atoms with E-state index in [1.54, 1.807) is 13.3 Å². The Balaban J connectivity index is 1.95. The molecule has 0 radical (unpaired) electrons. The highest BCUT2D eigenvalue weighted by molar-refractivity contribution is 5.27. The summed E-state index contributed by atoms with van der Waals surface area (Å²) in [4.78, 5) is 8.72. The Morgan fingerprint density at radius 2 is 2.28 bits per heavy atom. The van der Waals surface area contributed by atoms with Gasteiger partial charge in [0.1, 0.15) is 0 Å². The van der Waals surface area contributed by atoms with Crippen LogP contribution in [0, 0.1) is 6.92 Å². The highest BCUT2D eigenvalue weighted by atomic mass is 16.5. The molecule has 2 aromatic heterocycles. The maximum atomic E-state index is 5.06. The van der Waals surface area contributed by atoms with E-state index in [1.807, 2.05) is 35.9 Å². The highest BCUT2D eigenvalue weighted by Gasteiger charge is 2.02. The van der Waals surface area contributed by atoms with Crippen LogP contribution in [0.3, 0.4) is 0 Å². The zero-order chi connectivity index (χ0) is 12.8. The van der Waals surface area contributed by atoms with Gasteiger partial charge >= 0.3 is 0 Å². The van der Waals surface area contributed by atoms with Gasteiger partial charge in [0.15, 0.2) is 0 Å². The van der Waals surface area contributed by atoms with E-state index in [1.165, 1.54) is 0 Å². The molecule has 0 saturated carbocycles. The standard InChI is InChI=1S/C13H18N4O/c1-11-4-3-5-12(16-11)10-15-13-14-6-7-17(13)8-9-18-2/h3-7H,8-10H2,1-2H3,(H,14,15). The normalized spacial score (nSPS) is 10.6. The molecular weight excluding hydrogens is 228 g/mol. The molecule has 5 heteroatoms. The molecule has 0 atom stereocenters. The molecule has 0 bridgehead atoms. The van der Waals surface area contributed by atoms with Crippen molar-refractivity contribution in [3.63, 3.8) is 0 Å². The molecule has 0 saturated heterocycles. The molecular formula is C13H18N4O. The summed E-state index contributed by atoms with van der Waals surface area (Å²) in [5.74, 6) is 0.843. The van der Waals surface area contributed by atoms with Crippen LogP contribution in [-0.2, 0) is 17.8 Å². The number of rotatable bonds is 6. The van der Waals surface area contributed by atoms with E-state index < -0.39 is 0 Å². The average Bonchev–Trinajstić information content (AvgIpc) is 2.81. The van der Waals surface area contributed by atoms with E-state index in [9.17, 15) is 0 Å². The van der Waals surface area contributed by atoms with Crippen molar-refractivity contribution in [1.82, 2.24) is 14.5 Å². The van der Waals surface area contributed by atoms with Gasteiger partial charge in [0.25, 0.3) is 0 Å². The first-order chi connectivity index (χ1) is 8.79. The van der Waals surface area contributed by atoms with Gasteiger partial charge in [-0.05, 0) is 19.1 Å². The Bertz CT molecular complexity index is 495. The molecule has 0 unspecified atom stereocenters. The zero-order valence-corrected chi connectivity index (χ0v) is 10.8. The van der Waals surface area contributed by atoms with Crippen LogP contribution in [0.4, 0.5) is 5.95 Å². The SMILES string of the molecule is COCCn1ccnc1NCc1cccc(C)n1. The van der Waals surface area contributed by atoms with Crippen LogP contribution < -0.4 is 5.32 Å². The number of anilines is 1. The molecule has 5 nitrogen and oxygen atoms in total. The first kappa shape index (κ1) is 12.6. The zero-order valence-electron chi connectivity index (χ0n) is 10.8. The molecule has 2 rings (SSSR count). The van der Waals surface area contributed by atoms with Gasteiger partial charge in [0.05, 0.1) is 18.8 Å². The van der Waals surface area contributed by atoms with Gasteiger partial charge in [-0.25, -0.2) is 4.98 Å². The van der Waals surface area contributed by atoms with Crippen molar-refractivity contribution in [2.24, 2.45) is 0 Å². The molecule has 96 valence electrons. The molecule has 2 heterocycles. The Morgan fingerprint density at radius 1 is 1.39 bits per heavy atom. The lowest BCUT2D eigenvalue weighted by Crippen LogP contribution is -2.10. The van der Waals surface area contributed by atoms with Gasteiger partial charge in [0, 0.05) is 31.7 Å². The number of hydrogen-bond acceptors (Lipinski definition) is 4. The summed E-state index contributed by atoms with van der Waals surface area (Å²) in [6.45, 7) is 4.13. The summed E-state index contributed by atoms with van der Waals surface area (Å²) in [7, 11) is 1.70. The smallest absolute Gasteiger partial charge is 0.203 e. The fourth-order valence-corrected chi connectivity index (χ4v) is 1.71. The molecule has 1 N–H and O–H groups in total. The van der Waals surface area contributed by atoms with E-state index in [0.717, 1.165) is 23.9 Å². The summed E-state index contributed by atoms with van der Waals surface area (Å²) in [6, 6.07) is 6.00. The van der Waals surface area contributed by atoms with E-state index >= 15 is 0 Å². The van der Waals surface area contributed by atoms with E-state index in [2.05, 4.69) is 15.3 Å². The van der Waals surface area contributed by atoms with Crippen molar-refractivity contribution < 1.29 is 4.74 Å². The molecule has 0 aliphatic carbocycles. The monoisotopic (exact) mass is 246 g/mol. The molecule has 0 spiro atoms. The summed E-state index contributed by atoms with van der Waals surface area (Å²) < 4.78 is 7.09. The fourth-order valence-electron chi connectivity index (χ4n) is 1.71. The second-order valence-electron chi connectivity index (χ2n) is 4.06. The van der Waals surface area contributed by atoms with Crippen molar-refractivity contribution in [2.45, 2.75) is 20.0 Å². The van der Waals surface area contributed by atoms with Gasteiger partial charge in [-0.1, -0.05) is 6.07 Å². The lowest BCUT2D eigenvalue weighted by Gasteiger charge is -2.09. The van der Waals surface area contributed by atoms with Crippen molar-refractivity contribution in [3.8, 4) is 0 Å². The minimum absolute atomic E-state index is 0.672.